The normalized spacial score (nSPS) is 15.1. The zero-order chi connectivity index (χ0) is 13.7. The summed E-state index contributed by atoms with van der Waals surface area (Å²) in [4.78, 5) is 8.52. The Hall–Kier alpha value is -0.860. The number of guanidine groups is 1. The quantitative estimate of drug-likeness (QED) is 0.439. The summed E-state index contributed by atoms with van der Waals surface area (Å²) in [7, 11) is 1.78. The van der Waals surface area contributed by atoms with Crippen LogP contribution >= 0.6 is 24.0 Å². The standard InChI is InChI=1S/C13H23N5O.HI/c1-9(2)12-17-11(19-18-12)6-7-15-13(14-3)16-8-10-4-5-10;/h9-10H,4-8H2,1-3H3,(H2,14,15,16);1H. The van der Waals surface area contributed by atoms with E-state index in [9.17, 15) is 0 Å². The zero-order valence-electron chi connectivity index (χ0n) is 12.3. The van der Waals surface area contributed by atoms with Crippen molar-refractivity contribution in [2.24, 2.45) is 10.9 Å². The minimum Gasteiger partial charge on any atom is -0.356 e. The molecule has 114 valence electrons. The van der Waals surface area contributed by atoms with E-state index in [2.05, 4.69) is 39.6 Å². The molecule has 2 N–H and O–H groups in total. The molecule has 2 rings (SSSR count). The molecule has 0 aromatic carbocycles. The largest absolute Gasteiger partial charge is 0.356 e. The molecule has 0 unspecified atom stereocenters. The van der Waals surface area contributed by atoms with Gasteiger partial charge in [0, 0.05) is 32.5 Å². The highest BCUT2D eigenvalue weighted by Gasteiger charge is 2.21. The first-order valence-corrected chi connectivity index (χ1v) is 6.96. The van der Waals surface area contributed by atoms with Gasteiger partial charge in [0.1, 0.15) is 0 Å². The van der Waals surface area contributed by atoms with Crippen molar-refractivity contribution in [1.82, 2.24) is 20.8 Å². The highest BCUT2D eigenvalue weighted by Crippen LogP contribution is 2.27. The summed E-state index contributed by atoms with van der Waals surface area (Å²) in [6, 6.07) is 0. The molecule has 0 bridgehead atoms. The van der Waals surface area contributed by atoms with E-state index in [0.717, 1.165) is 30.8 Å². The molecule has 0 amide bonds. The first kappa shape index (κ1) is 17.2. The van der Waals surface area contributed by atoms with E-state index in [-0.39, 0.29) is 24.0 Å². The third-order valence-corrected chi connectivity index (χ3v) is 3.11. The number of nitrogens with one attached hydrogen (secondary N) is 2. The predicted molar refractivity (Wildman–Crippen MR) is 89.6 cm³/mol. The van der Waals surface area contributed by atoms with Gasteiger partial charge in [-0.25, -0.2) is 0 Å². The number of aliphatic imine (C=N–C) groups is 1. The number of hydrogen-bond donors (Lipinski definition) is 2. The SMILES string of the molecule is CN=C(NCCc1nc(C(C)C)no1)NCC1CC1.I. The molecule has 0 spiro atoms. The molecule has 0 radical (unpaired) electrons. The Balaban J connectivity index is 0.00000200. The lowest BCUT2D eigenvalue weighted by Gasteiger charge is -2.10. The number of hydrogen-bond acceptors (Lipinski definition) is 4. The van der Waals surface area contributed by atoms with Crippen LogP contribution in [0.5, 0.6) is 0 Å². The molecule has 1 aliphatic carbocycles. The number of rotatable bonds is 6. The van der Waals surface area contributed by atoms with E-state index in [1.54, 1.807) is 7.05 Å². The van der Waals surface area contributed by atoms with Gasteiger partial charge in [-0.15, -0.1) is 24.0 Å². The molecule has 1 aromatic rings. The van der Waals surface area contributed by atoms with Crippen LogP contribution in [0.25, 0.3) is 0 Å². The van der Waals surface area contributed by atoms with E-state index in [0.29, 0.717) is 18.2 Å². The molecule has 7 heteroatoms. The lowest BCUT2D eigenvalue weighted by molar-refractivity contribution is 0.371. The van der Waals surface area contributed by atoms with Crippen LogP contribution in [0.2, 0.25) is 0 Å². The number of nitrogens with zero attached hydrogens (tertiary/aromatic N) is 3. The van der Waals surface area contributed by atoms with E-state index in [4.69, 9.17) is 4.52 Å². The summed E-state index contributed by atoms with van der Waals surface area (Å²) in [6.45, 7) is 5.86. The second-order valence-corrected chi connectivity index (χ2v) is 5.27. The van der Waals surface area contributed by atoms with Gasteiger partial charge in [0.2, 0.25) is 5.89 Å². The van der Waals surface area contributed by atoms with Crippen molar-refractivity contribution < 1.29 is 4.52 Å². The van der Waals surface area contributed by atoms with Gasteiger partial charge in [-0.05, 0) is 18.8 Å². The molecule has 1 fully saturated rings. The minimum atomic E-state index is 0. The van der Waals surface area contributed by atoms with Gasteiger partial charge < -0.3 is 15.2 Å². The molecule has 1 aliphatic rings. The predicted octanol–water partition coefficient (Wildman–Crippen LogP) is 1.93. The van der Waals surface area contributed by atoms with E-state index >= 15 is 0 Å². The van der Waals surface area contributed by atoms with Gasteiger partial charge in [0.05, 0.1) is 0 Å². The molecule has 20 heavy (non-hydrogen) atoms. The van der Waals surface area contributed by atoms with Crippen molar-refractivity contribution in [2.45, 2.75) is 39.0 Å². The fraction of sp³-hybridized carbons (Fsp3) is 0.769. The van der Waals surface area contributed by atoms with Crippen molar-refractivity contribution >= 4 is 29.9 Å². The maximum Gasteiger partial charge on any atom is 0.228 e. The summed E-state index contributed by atoms with van der Waals surface area (Å²) >= 11 is 0. The molecule has 0 atom stereocenters. The summed E-state index contributed by atoms with van der Waals surface area (Å²) in [6.07, 6.45) is 3.39. The average molecular weight is 393 g/mol. The Bertz CT molecular complexity index is 428. The molecule has 0 saturated heterocycles. The number of halogens is 1. The Morgan fingerprint density at radius 1 is 1.40 bits per heavy atom. The van der Waals surface area contributed by atoms with Crippen molar-refractivity contribution in [1.29, 1.82) is 0 Å². The van der Waals surface area contributed by atoms with E-state index in [1.165, 1.54) is 12.8 Å². The van der Waals surface area contributed by atoms with Crippen LogP contribution in [-0.4, -0.2) is 36.2 Å². The maximum atomic E-state index is 5.19. The van der Waals surface area contributed by atoms with Crippen LogP contribution in [0, 0.1) is 5.92 Å². The molecule has 1 heterocycles. The molecular weight excluding hydrogens is 369 g/mol. The second kappa shape index (κ2) is 8.43. The molecule has 1 aromatic heterocycles. The first-order chi connectivity index (χ1) is 9.19. The van der Waals surface area contributed by atoms with Crippen LogP contribution in [0.1, 0.15) is 44.3 Å². The van der Waals surface area contributed by atoms with Crippen LogP contribution in [-0.2, 0) is 6.42 Å². The maximum absolute atomic E-state index is 5.19. The van der Waals surface area contributed by atoms with Crippen molar-refractivity contribution in [3.8, 4) is 0 Å². The second-order valence-electron chi connectivity index (χ2n) is 5.27. The zero-order valence-corrected chi connectivity index (χ0v) is 14.7. The molecule has 6 nitrogen and oxygen atoms in total. The van der Waals surface area contributed by atoms with Gasteiger partial charge >= 0.3 is 0 Å². The van der Waals surface area contributed by atoms with Crippen molar-refractivity contribution in [2.75, 3.05) is 20.1 Å². The summed E-state index contributed by atoms with van der Waals surface area (Å²) in [5, 5.41) is 10.5. The van der Waals surface area contributed by atoms with Crippen LogP contribution in [0.15, 0.2) is 9.52 Å². The van der Waals surface area contributed by atoms with Crippen LogP contribution in [0.3, 0.4) is 0 Å². The Labute approximate surface area is 137 Å². The van der Waals surface area contributed by atoms with Crippen LogP contribution < -0.4 is 10.6 Å². The smallest absolute Gasteiger partial charge is 0.228 e. The van der Waals surface area contributed by atoms with Gasteiger partial charge in [-0.2, -0.15) is 4.98 Å². The molecular formula is C13H24IN5O. The van der Waals surface area contributed by atoms with Crippen molar-refractivity contribution in [3.63, 3.8) is 0 Å². The van der Waals surface area contributed by atoms with E-state index < -0.39 is 0 Å². The topological polar surface area (TPSA) is 75.3 Å². The fourth-order valence-corrected chi connectivity index (χ4v) is 1.68. The Morgan fingerprint density at radius 2 is 2.15 bits per heavy atom. The van der Waals surface area contributed by atoms with E-state index in [1.807, 2.05) is 0 Å². The third kappa shape index (κ3) is 5.64. The molecule has 1 saturated carbocycles. The fourth-order valence-electron chi connectivity index (χ4n) is 1.68. The lowest BCUT2D eigenvalue weighted by atomic mass is 10.2. The van der Waals surface area contributed by atoms with Gasteiger partial charge in [-0.1, -0.05) is 19.0 Å². The summed E-state index contributed by atoms with van der Waals surface area (Å²) in [5.74, 6) is 3.43. The van der Waals surface area contributed by atoms with Gasteiger partial charge in [-0.3, -0.25) is 4.99 Å². The van der Waals surface area contributed by atoms with Crippen molar-refractivity contribution in [3.05, 3.63) is 11.7 Å². The van der Waals surface area contributed by atoms with Gasteiger partial charge in [0.15, 0.2) is 11.8 Å². The third-order valence-electron chi connectivity index (χ3n) is 3.11. The first-order valence-electron chi connectivity index (χ1n) is 6.96. The average Bonchev–Trinajstić information content (AvgIpc) is 3.10. The minimum absolute atomic E-state index is 0. The highest BCUT2D eigenvalue weighted by molar-refractivity contribution is 14.0. The monoisotopic (exact) mass is 393 g/mol. The summed E-state index contributed by atoms with van der Waals surface area (Å²) in [5.41, 5.74) is 0. The number of aromatic nitrogens is 2. The highest BCUT2D eigenvalue weighted by atomic mass is 127. The summed E-state index contributed by atoms with van der Waals surface area (Å²) < 4.78 is 5.19. The van der Waals surface area contributed by atoms with Crippen LogP contribution in [0.4, 0.5) is 0 Å². The Kier molecular flexibility index (Phi) is 7.25. The lowest BCUT2D eigenvalue weighted by Crippen LogP contribution is -2.39. The Morgan fingerprint density at radius 3 is 2.70 bits per heavy atom. The van der Waals surface area contributed by atoms with Gasteiger partial charge in [0.25, 0.3) is 0 Å². The molecule has 0 aliphatic heterocycles.